The van der Waals surface area contributed by atoms with E-state index in [1.807, 2.05) is 41.5 Å². The molecule has 0 aromatic heterocycles. The minimum Gasteiger partial charge on any atom is -0.333 e. The third kappa shape index (κ3) is 5.09. The molecule has 0 bridgehead atoms. The van der Waals surface area contributed by atoms with Crippen LogP contribution in [0, 0.1) is 0 Å². The van der Waals surface area contributed by atoms with Crippen molar-refractivity contribution in [3.63, 3.8) is 0 Å². The molecule has 0 radical (unpaired) electrons. The van der Waals surface area contributed by atoms with Crippen LogP contribution in [-0.4, -0.2) is 12.1 Å². The number of thioether (sulfide) groups is 1. The minimum atomic E-state index is 0.899. The second-order valence-corrected chi connectivity index (χ2v) is 3.49. The Morgan fingerprint density at radius 1 is 1.17 bits per heavy atom. The SMILES string of the molecule is C1=CNSC=C1.C1=CSCN=C1. The number of hydrogen-bond acceptors (Lipinski definition) is 4. The van der Waals surface area contributed by atoms with Gasteiger partial charge in [-0.25, -0.2) is 0 Å². The molecule has 0 spiro atoms. The van der Waals surface area contributed by atoms with E-state index in [1.165, 1.54) is 0 Å². The minimum absolute atomic E-state index is 0.899. The average molecular weight is 198 g/mol. The number of aliphatic imine (C=N–C) groups is 1. The summed E-state index contributed by atoms with van der Waals surface area (Å²) in [5, 5.41) is 4.02. The molecule has 0 aromatic rings. The fourth-order valence-electron chi connectivity index (χ4n) is 0.539. The average Bonchev–Trinajstić information content (AvgIpc) is 2.24. The Kier molecular flexibility index (Phi) is 5.58. The molecule has 2 heterocycles. The Hall–Kier alpha value is -0.610. The van der Waals surface area contributed by atoms with Crippen LogP contribution in [0.2, 0.25) is 0 Å². The van der Waals surface area contributed by atoms with Gasteiger partial charge in [-0.1, -0.05) is 6.08 Å². The lowest BCUT2D eigenvalue weighted by Crippen LogP contribution is -1.88. The molecule has 0 atom stereocenters. The lowest BCUT2D eigenvalue weighted by Gasteiger charge is -1.93. The zero-order chi connectivity index (χ0) is 8.49. The molecule has 2 rings (SSSR count). The highest BCUT2D eigenvalue weighted by atomic mass is 32.2. The second kappa shape index (κ2) is 7.06. The van der Waals surface area contributed by atoms with Gasteiger partial charge in [-0.2, -0.15) is 0 Å². The molecule has 1 N–H and O–H groups in total. The fourth-order valence-corrected chi connectivity index (χ4v) is 1.38. The van der Waals surface area contributed by atoms with E-state index in [4.69, 9.17) is 0 Å². The van der Waals surface area contributed by atoms with Crippen LogP contribution in [0.3, 0.4) is 0 Å². The number of hydrogen-bond donors (Lipinski definition) is 1. The van der Waals surface area contributed by atoms with Crippen molar-refractivity contribution in [1.29, 1.82) is 0 Å². The highest BCUT2D eigenvalue weighted by Gasteiger charge is 1.78. The Morgan fingerprint density at radius 2 is 2.17 bits per heavy atom. The van der Waals surface area contributed by atoms with Crippen LogP contribution in [0.15, 0.2) is 40.2 Å². The van der Waals surface area contributed by atoms with Crippen molar-refractivity contribution in [2.24, 2.45) is 4.99 Å². The maximum Gasteiger partial charge on any atom is 0.0884 e. The van der Waals surface area contributed by atoms with E-state index in [0.29, 0.717) is 0 Å². The number of allylic oxidation sites excluding steroid dienone is 3. The summed E-state index contributed by atoms with van der Waals surface area (Å²) >= 11 is 3.29. The zero-order valence-corrected chi connectivity index (χ0v) is 8.15. The van der Waals surface area contributed by atoms with Crippen molar-refractivity contribution >= 4 is 29.9 Å². The predicted molar refractivity (Wildman–Crippen MR) is 59.1 cm³/mol. The topological polar surface area (TPSA) is 24.4 Å². The molecule has 0 saturated heterocycles. The van der Waals surface area contributed by atoms with Crippen molar-refractivity contribution < 1.29 is 0 Å². The van der Waals surface area contributed by atoms with Gasteiger partial charge in [-0.3, -0.25) is 4.99 Å². The molecular formula is C8H10N2S2. The van der Waals surface area contributed by atoms with E-state index in [0.717, 1.165) is 5.88 Å². The highest BCUT2D eigenvalue weighted by Crippen LogP contribution is 2.03. The number of nitrogens with zero attached hydrogens (tertiary/aromatic N) is 1. The Labute approximate surface area is 81.0 Å². The van der Waals surface area contributed by atoms with Gasteiger partial charge in [0.1, 0.15) is 0 Å². The molecule has 12 heavy (non-hydrogen) atoms. The molecule has 0 aliphatic carbocycles. The quantitative estimate of drug-likeness (QED) is 0.605. The van der Waals surface area contributed by atoms with Crippen LogP contribution in [0.1, 0.15) is 0 Å². The van der Waals surface area contributed by atoms with E-state index >= 15 is 0 Å². The molecule has 4 heteroatoms. The van der Waals surface area contributed by atoms with E-state index in [9.17, 15) is 0 Å². The van der Waals surface area contributed by atoms with Gasteiger partial charge in [0.2, 0.25) is 0 Å². The molecule has 0 saturated carbocycles. The molecule has 0 unspecified atom stereocenters. The standard InChI is InChI=1S/2C4H5NS/c1-2-5-4-6-3-1;1-2-4-6-5-3-1/h1-3H,4H2;1-5H. The van der Waals surface area contributed by atoms with Gasteiger partial charge in [-0.05, 0) is 34.9 Å². The smallest absolute Gasteiger partial charge is 0.0884 e. The fraction of sp³-hybridized carbons (Fsp3) is 0.125. The summed E-state index contributed by atoms with van der Waals surface area (Å²) in [5.41, 5.74) is 0. The zero-order valence-electron chi connectivity index (χ0n) is 6.51. The van der Waals surface area contributed by atoms with Crippen LogP contribution < -0.4 is 4.72 Å². The van der Waals surface area contributed by atoms with E-state index in [-0.39, 0.29) is 0 Å². The van der Waals surface area contributed by atoms with Crippen molar-refractivity contribution in [2.45, 2.75) is 0 Å². The van der Waals surface area contributed by atoms with Gasteiger partial charge in [0.05, 0.1) is 5.88 Å². The van der Waals surface area contributed by atoms with Gasteiger partial charge in [0, 0.05) is 12.4 Å². The molecular weight excluding hydrogens is 188 g/mol. The summed E-state index contributed by atoms with van der Waals surface area (Å²) in [7, 11) is 0. The van der Waals surface area contributed by atoms with Crippen LogP contribution >= 0.6 is 23.7 Å². The Bertz CT molecular complexity index is 171. The lowest BCUT2D eigenvalue weighted by molar-refractivity contribution is 1.40. The van der Waals surface area contributed by atoms with Crippen molar-refractivity contribution in [3.8, 4) is 0 Å². The highest BCUT2D eigenvalue weighted by molar-refractivity contribution is 8.02. The third-order valence-electron chi connectivity index (χ3n) is 1.01. The largest absolute Gasteiger partial charge is 0.333 e. The van der Waals surface area contributed by atoms with Crippen molar-refractivity contribution in [2.75, 3.05) is 5.88 Å². The third-order valence-corrected chi connectivity index (χ3v) is 2.22. The molecule has 2 nitrogen and oxygen atoms in total. The summed E-state index contributed by atoms with van der Waals surface area (Å²) in [6, 6.07) is 0. The van der Waals surface area contributed by atoms with Gasteiger partial charge in [-0.15, -0.1) is 11.8 Å². The summed E-state index contributed by atoms with van der Waals surface area (Å²) in [4.78, 5) is 3.93. The predicted octanol–water partition coefficient (Wildman–Crippen LogP) is 2.54. The Balaban J connectivity index is 0.000000120. The molecule has 0 fully saturated rings. The first-order chi connectivity index (χ1) is 6.00. The number of rotatable bonds is 0. The molecule has 0 amide bonds. The van der Waals surface area contributed by atoms with Crippen LogP contribution in [0.4, 0.5) is 0 Å². The van der Waals surface area contributed by atoms with E-state index in [1.54, 1.807) is 23.7 Å². The molecule has 2 aliphatic rings. The lowest BCUT2D eigenvalue weighted by atomic mass is 10.6. The Morgan fingerprint density at radius 3 is 2.33 bits per heavy atom. The maximum atomic E-state index is 3.93. The summed E-state index contributed by atoms with van der Waals surface area (Å²) in [6.45, 7) is 0. The monoisotopic (exact) mass is 198 g/mol. The molecule has 0 aromatic carbocycles. The van der Waals surface area contributed by atoms with Crippen LogP contribution in [0.5, 0.6) is 0 Å². The number of nitrogens with one attached hydrogen (secondary N) is 1. The van der Waals surface area contributed by atoms with Crippen LogP contribution in [-0.2, 0) is 0 Å². The van der Waals surface area contributed by atoms with Gasteiger partial charge in [0.15, 0.2) is 0 Å². The van der Waals surface area contributed by atoms with Gasteiger partial charge >= 0.3 is 0 Å². The normalized spacial score (nSPS) is 18.0. The first-order valence-corrected chi connectivity index (χ1v) is 5.42. The van der Waals surface area contributed by atoms with Crippen LogP contribution in [0.25, 0.3) is 0 Å². The molecule has 2 aliphatic heterocycles. The van der Waals surface area contributed by atoms with Gasteiger partial charge in [0.25, 0.3) is 0 Å². The van der Waals surface area contributed by atoms with E-state index < -0.39 is 0 Å². The summed E-state index contributed by atoms with van der Waals surface area (Å²) in [5.74, 6) is 0.899. The second-order valence-electron chi connectivity index (χ2n) is 1.88. The van der Waals surface area contributed by atoms with E-state index in [2.05, 4.69) is 9.71 Å². The van der Waals surface area contributed by atoms with Gasteiger partial charge < -0.3 is 4.72 Å². The first kappa shape index (κ1) is 9.48. The molecule has 64 valence electrons. The maximum absolute atomic E-state index is 3.93. The van der Waals surface area contributed by atoms with Crippen molar-refractivity contribution in [3.05, 3.63) is 35.2 Å². The summed E-state index contributed by atoms with van der Waals surface area (Å²) in [6.07, 6.45) is 9.59. The first-order valence-electron chi connectivity index (χ1n) is 3.49. The summed E-state index contributed by atoms with van der Waals surface area (Å²) < 4.78 is 2.93. The van der Waals surface area contributed by atoms with Crippen molar-refractivity contribution in [1.82, 2.24) is 4.72 Å².